The molecular formula is C25H17F3N4O2. The lowest BCUT2D eigenvalue weighted by Crippen LogP contribution is -2.29. The number of hydrogen-bond donors (Lipinski definition) is 1. The number of anilines is 1. The van der Waals surface area contributed by atoms with Crippen molar-refractivity contribution in [3.8, 4) is 11.5 Å². The number of nitrogens with zero attached hydrogens (tertiary/aromatic N) is 3. The maximum absolute atomic E-state index is 13.0. The Kier molecular flexibility index (Phi) is 5.45. The summed E-state index contributed by atoms with van der Waals surface area (Å²) in [7, 11) is 0. The third-order valence-corrected chi connectivity index (χ3v) is 5.37. The molecule has 1 unspecified atom stereocenters. The summed E-state index contributed by atoms with van der Waals surface area (Å²) >= 11 is 0. The molecule has 1 atom stereocenters. The van der Waals surface area contributed by atoms with Crippen LogP contribution in [0.4, 0.5) is 19.2 Å². The van der Waals surface area contributed by atoms with Crippen molar-refractivity contribution in [1.82, 2.24) is 10.2 Å². The van der Waals surface area contributed by atoms with Crippen molar-refractivity contribution < 1.29 is 22.4 Å². The van der Waals surface area contributed by atoms with E-state index in [4.69, 9.17) is 4.42 Å². The molecule has 34 heavy (non-hydrogen) atoms. The summed E-state index contributed by atoms with van der Waals surface area (Å²) in [5.74, 6) is -0.317. The minimum Gasteiger partial charge on any atom is -0.403 e. The molecule has 0 amide bonds. The van der Waals surface area contributed by atoms with Gasteiger partial charge in [0.05, 0.1) is 11.3 Å². The third-order valence-electron chi connectivity index (χ3n) is 5.37. The van der Waals surface area contributed by atoms with Gasteiger partial charge in [-0.2, -0.15) is 13.2 Å². The van der Waals surface area contributed by atoms with Gasteiger partial charge in [0.15, 0.2) is 11.9 Å². The van der Waals surface area contributed by atoms with Gasteiger partial charge >= 0.3 is 12.2 Å². The van der Waals surface area contributed by atoms with Gasteiger partial charge in [-0.3, -0.25) is 9.79 Å². The number of benzene rings is 3. The number of ketones is 1. The van der Waals surface area contributed by atoms with Crippen LogP contribution < -0.4 is 5.32 Å². The molecule has 5 rings (SSSR count). The van der Waals surface area contributed by atoms with Crippen molar-refractivity contribution in [1.29, 1.82) is 0 Å². The number of rotatable bonds is 4. The van der Waals surface area contributed by atoms with Gasteiger partial charge in [-0.1, -0.05) is 65.8 Å². The third kappa shape index (κ3) is 4.32. The van der Waals surface area contributed by atoms with Crippen molar-refractivity contribution in [3.05, 3.63) is 101 Å². The van der Waals surface area contributed by atoms with Gasteiger partial charge in [-0.25, -0.2) is 0 Å². The Morgan fingerprint density at radius 1 is 0.882 bits per heavy atom. The van der Waals surface area contributed by atoms with E-state index in [0.717, 1.165) is 28.8 Å². The quantitative estimate of drug-likeness (QED) is 0.453. The molecule has 0 aliphatic carbocycles. The summed E-state index contributed by atoms with van der Waals surface area (Å²) in [6.45, 7) is 0. The number of carbonyl (C=O) groups is 1. The first-order valence-corrected chi connectivity index (χ1v) is 10.4. The predicted molar refractivity (Wildman–Crippen MR) is 119 cm³/mol. The first-order chi connectivity index (χ1) is 16.4. The van der Waals surface area contributed by atoms with E-state index in [2.05, 4.69) is 20.5 Å². The molecule has 0 spiro atoms. The molecule has 6 nitrogen and oxygen atoms in total. The van der Waals surface area contributed by atoms with E-state index in [1.165, 1.54) is 12.1 Å². The van der Waals surface area contributed by atoms with E-state index >= 15 is 0 Å². The molecule has 1 aliphatic heterocycles. The van der Waals surface area contributed by atoms with E-state index < -0.39 is 17.9 Å². The normalized spacial score (nSPS) is 15.9. The lowest BCUT2D eigenvalue weighted by molar-refractivity contribution is -0.137. The maximum atomic E-state index is 13.0. The van der Waals surface area contributed by atoms with Crippen molar-refractivity contribution >= 4 is 17.5 Å². The standard InChI is InChI=1S/C25H17F3N4O2/c26-25(27,28)18-11-6-10-17(13-18)23-31-32-24(34-23)30-22-20(33)14-16-9-4-5-12-19(16)21(29-22)15-7-2-1-3-8-15/h1-13,22H,14H2,(H,30,32). The molecule has 4 aromatic rings. The SMILES string of the molecule is O=C1Cc2ccccc2C(c2ccccc2)=NC1Nc1nnc(-c2cccc(C(F)(F)F)c2)o1. The second-order valence-electron chi connectivity index (χ2n) is 7.68. The number of halogens is 3. The van der Waals surface area contributed by atoms with Crippen molar-refractivity contribution in [2.45, 2.75) is 18.8 Å². The van der Waals surface area contributed by atoms with Crippen molar-refractivity contribution in [2.75, 3.05) is 5.32 Å². The van der Waals surface area contributed by atoms with Gasteiger partial charge in [-0.05, 0) is 23.8 Å². The van der Waals surface area contributed by atoms with Crippen LogP contribution in [0.2, 0.25) is 0 Å². The summed E-state index contributed by atoms with van der Waals surface area (Å²) < 4.78 is 44.6. The van der Waals surface area contributed by atoms with Crippen LogP contribution in [-0.2, 0) is 17.4 Å². The molecule has 0 saturated heterocycles. The number of aromatic nitrogens is 2. The first-order valence-electron chi connectivity index (χ1n) is 10.4. The van der Waals surface area contributed by atoms with E-state index in [-0.39, 0.29) is 29.7 Å². The average Bonchev–Trinajstić information content (AvgIpc) is 3.25. The molecule has 2 heterocycles. The molecule has 0 radical (unpaired) electrons. The van der Waals surface area contributed by atoms with Gasteiger partial charge in [0, 0.05) is 23.1 Å². The zero-order valence-corrected chi connectivity index (χ0v) is 17.6. The van der Waals surface area contributed by atoms with Crippen LogP contribution in [0.25, 0.3) is 11.5 Å². The van der Waals surface area contributed by atoms with E-state index in [1.54, 1.807) is 0 Å². The molecular weight excluding hydrogens is 445 g/mol. The number of Topliss-reactive ketones (excluding diaryl/α,β-unsaturated/α-hetero) is 1. The Morgan fingerprint density at radius 3 is 2.41 bits per heavy atom. The number of fused-ring (bicyclic) bond motifs is 1. The summed E-state index contributed by atoms with van der Waals surface area (Å²) in [6.07, 6.45) is -5.37. The molecule has 0 bridgehead atoms. The lowest BCUT2D eigenvalue weighted by Gasteiger charge is -2.11. The van der Waals surface area contributed by atoms with Crippen LogP contribution in [0.15, 0.2) is 88.3 Å². The summed E-state index contributed by atoms with van der Waals surface area (Å²) in [6, 6.07) is 21.5. The molecule has 0 fully saturated rings. The smallest absolute Gasteiger partial charge is 0.403 e. The van der Waals surface area contributed by atoms with Crippen LogP contribution in [-0.4, -0.2) is 27.9 Å². The molecule has 1 aliphatic rings. The number of carbonyl (C=O) groups excluding carboxylic acids is 1. The van der Waals surface area contributed by atoms with Crippen molar-refractivity contribution in [3.63, 3.8) is 0 Å². The van der Waals surface area contributed by atoms with Crippen molar-refractivity contribution in [2.24, 2.45) is 4.99 Å². The lowest BCUT2D eigenvalue weighted by atomic mass is 9.96. The summed E-state index contributed by atoms with van der Waals surface area (Å²) in [5.41, 5.74) is 2.45. The Balaban J connectivity index is 1.47. The molecule has 170 valence electrons. The fourth-order valence-corrected chi connectivity index (χ4v) is 3.74. The molecule has 1 aromatic heterocycles. The Morgan fingerprint density at radius 2 is 1.62 bits per heavy atom. The number of hydrogen-bond acceptors (Lipinski definition) is 6. The van der Waals surface area contributed by atoms with E-state index in [1.807, 2.05) is 54.6 Å². The van der Waals surface area contributed by atoms with E-state index in [0.29, 0.717) is 5.71 Å². The monoisotopic (exact) mass is 462 g/mol. The fourth-order valence-electron chi connectivity index (χ4n) is 3.74. The second-order valence-corrected chi connectivity index (χ2v) is 7.68. The Hall–Kier alpha value is -4.27. The highest BCUT2D eigenvalue weighted by molar-refractivity contribution is 6.16. The van der Waals surface area contributed by atoms with Gasteiger partial charge < -0.3 is 9.73 Å². The van der Waals surface area contributed by atoms with E-state index in [9.17, 15) is 18.0 Å². The van der Waals surface area contributed by atoms with Crippen LogP contribution in [0.3, 0.4) is 0 Å². The molecule has 9 heteroatoms. The number of nitrogens with one attached hydrogen (secondary N) is 1. The second kappa shape index (κ2) is 8.58. The first kappa shape index (κ1) is 21.6. The van der Waals surface area contributed by atoms with Crippen LogP contribution in [0.5, 0.6) is 0 Å². The average molecular weight is 462 g/mol. The topological polar surface area (TPSA) is 80.4 Å². The zero-order chi connectivity index (χ0) is 23.7. The number of aliphatic imine (C=N–C) groups is 1. The van der Waals surface area contributed by atoms with Crippen LogP contribution in [0.1, 0.15) is 22.3 Å². The predicted octanol–water partition coefficient (Wildman–Crippen LogP) is 5.16. The maximum Gasteiger partial charge on any atom is 0.416 e. The fraction of sp³-hybridized carbons (Fsp3) is 0.120. The highest BCUT2D eigenvalue weighted by Gasteiger charge is 2.31. The highest BCUT2D eigenvalue weighted by atomic mass is 19.4. The molecule has 3 aromatic carbocycles. The van der Waals surface area contributed by atoms with Gasteiger partial charge in [0.1, 0.15) is 0 Å². The summed E-state index contributed by atoms with van der Waals surface area (Å²) in [5, 5.41) is 10.5. The Bertz CT molecular complexity index is 1380. The highest BCUT2D eigenvalue weighted by Crippen LogP contribution is 2.32. The Labute approximate surface area is 192 Å². The van der Waals surface area contributed by atoms with Gasteiger partial charge in [0.2, 0.25) is 5.89 Å². The number of alkyl halides is 3. The van der Waals surface area contributed by atoms with Gasteiger partial charge in [-0.15, -0.1) is 5.10 Å². The summed E-state index contributed by atoms with van der Waals surface area (Å²) in [4.78, 5) is 17.7. The van der Waals surface area contributed by atoms with Gasteiger partial charge in [0.25, 0.3) is 0 Å². The van der Waals surface area contributed by atoms with Crippen LogP contribution >= 0.6 is 0 Å². The zero-order valence-electron chi connectivity index (χ0n) is 17.6. The minimum absolute atomic E-state index is 0.106. The minimum atomic E-state index is -4.50. The molecule has 1 N–H and O–H groups in total. The van der Waals surface area contributed by atoms with Crippen LogP contribution in [0, 0.1) is 0 Å². The largest absolute Gasteiger partial charge is 0.416 e. The molecule has 0 saturated carbocycles.